The first-order valence-electron chi connectivity index (χ1n) is 12.0. The molecule has 0 fully saturated rings. The zero-order valence-electron chi connectivity index (χ0n) is 20.1. The number of ether oxygens (including phenoxy) is 1. The lowest BCUT2D eigenvalue weighted by Gasteiger charge is -2.23. The lowest BCUT2D eigenvalue weighted by atomic mass is 9.86. The van der Waals surface area contributed by atoms with E-state index in [-0.39, 0.29) is 24.0 Å². The Morgan fingerprint density at radius 2 is 1.55 bits per heavy atom. The van der Waals surface area contributed by atoms with Gasteiger partial charge in [0.1, 0.15) is 5.75 Å². The molecular weight excluding hydrogens is 390 g/mol. The maximum absolute atomic E-state index is 12.6. The lowest BCUT2D eigenvalue weighted by molar-refractivity contribution is -0.144. The van der Waals surface area contributed by atoms with E-state index in [9.17, 15) is 14.7 Å². The number of phenolic OH excluding ortho intramolecular Hbond substituents is 1. The second-order valence-corrected chi connectivity index (χ2v) is 9.26. The van der Waals surface area contributed by atoms with E-state index < -0.39 is 5.41 Å². The van der Waals surface area contributed by atoms with E-state index in [1.807, 2.05) is 6.92 Å². The normalized spacial score (nSPS) is 11.4. The predicted octanol–water partition coefficient (Wildman–Crippen LogP) is 6.91. The number of amides is 1. The molecule has 31 heavy (non-hydrogen) atoms. The number of unbranched alkanes of at least 4 members (excludes halogenated alkanes) is 9. The van der Waals surface area contributed by atoms with Gasteiger partial charge in [0.2, 0.25) is 5.91 Å². The Bertz CT molecular complexity index is 669. The van der Waals surface area contributed by atoms with Crippen molar-refractivity contribution in [1.29, 1.82) is 0 Å². The van der Waals surface area contributed by atoms with E-state index >= 15 is 0 Å². The molecule has 0 aliphatic rings. The highest BCUT2D eigenvalue weighted by atomic mass is 16.5. The van der Waals surface area contributed by atoms with E-state index in [4.69, 9.17) is 4.74 Å². The van der Waals surface area contributed by atoms with Gasteiger partial charge < -0.3 is 15.2 Å². The van der Waals surface area contributed by atoms with Crippen LogP contribution in [0.4, 0.5) is 5.69 Å². The Balaban J connectivity index is 2.16. The van der Waals surface area contributed by atoms with Gasteiger partial charge in [-0.05, 0) is 37.5 Å². The van der Waals surface area contributed by atoms with Crippen molar-refractivity contribution in [3.63, 3.8) is 0 Å². The molecule has 0 aromatic heterocycles. The predicted molar refractivity (Wildman–Crippen MR) is 127 cm³/mol. The Kier molecular flexibility index (Phi) is 13.0. The summed E-state index contributed by atoms with van der Waals surface area (Å²) in [4.78, 5) is 24.6. The Morgan fingerprint density at radius 3 is 2.16 bits per heavy atom. The van der Waals surface area contributed by atoms with E-state index in [0.29, 0.717) is 18.7 Å². The van der Waals surface area contributed by atoms with Crippen molar-refractivity contribution in [2.75, 3.05) is 11.9 Å². The van der Waals surface area contributed by atoms with Crippen molar-refractivity contribution in [2.24, 2.45) is 5.41 Å². The second-order valence-electron chi connectivity index (χ2n) is 9.26. The van der Waals surface area contributed by atoms with Crippen LogP contribution in [0.3, 0.4) is 0 Å². The van der Waals surface area contributed by atoms with Gasteiger partial charge >= 0.3 is 5.97 Å². The number of rotatable bonds is 16. The third-order valence-electron chi connectivity index (χ3n) is 5.73. The molecule has 1 amide bonds. The zero-order valence-corrected chi connectivity index (χ0v) is 20.1. The van der Waals surface area contributed by atoms with Gasteiger partial charge in [0.25, 0.3) is 0 Å². The molecule has 0 saturated heterocycles. The molecule has 1 rings (SSSR count). The van der Waals surface area contributed by atoms with Gasteiger partial charge in [-0.2, -0.15) is 0 Å². The molecular formula is C26H43NO4. The van der Waals surface area contributed by atoms with Crippen LogP contribution in [0.2, 0.25) is 0 Å². The molecule has 0 atom stereocenters. The first kappa shape index (κ1) is 27.0. The highest BCUT2D eigenvalue weighted by Gasteiger charge is 2.29. The van der Waals surface area contributed by atoms with Crippen LogP contribution in [0.1, 0.15) is 103 Å². The van der Waals surface area contributed by atoms with Gasteiger partial charge in [0.15, 0.2) is 0 Å². The zero-order chi connectivity index (χ0) is 23.1. The smallest absolute Gasteiger partial charge is 0.305 e. The molecule has 0 spiro atoms. The first-order chi connectivity index (χ1) is 14.8. The molecule has 0 aliphatic heterocycles. The van der Waals surface area contributed by atoms with Gasteiger partial charge in [-0.3, -0.25) is 9.59 Å². The summed E-state index contributed by atoms with van der Waals surface area (Å²) in [6.07, 6.45) is 13.1. The number of anilines is 1. The van der Waals surface area contributed by atoms with Crippen LogP contribution in [0, 0.1) is 12.3 Å². The van der Waals surface area contributed by atoms with Crippen LogP contribution in [-0.4, -0.2) is 23.6 Å². The molecule has 5 heteroatoms. The number of aromatic hydroxyl groups is 1. The van der Waals surface area contributed by atoms with Crippen molar-refractivity contribution in [3.05, 3.63) is 23.8 Å². The second kappa shape index (κ2) is 14.9. The number of hydrogen-bond acceptors (Lipinski definition) is 4. The third kappa shape index (κ3) is 11.8. The molecule has 0 bridgehead atoms. The fourth-order valence-electron chi connectivity index (χ4n) is 3.42. The summed E-state index contributed by atoms with van der Waals surface area (Å²) in [6, 6.07) is 5.06. The number of nitrogens with one attached hydrogen (secondary N) is 1. The van der Waals surface area contributed by atoms with Crippen LogP contribution >= 0.6 is 0 Å². The Morgan fingerprint density at radius 1 is 0.968 bits per heavy atom. The molecule has 5 nitrogen and oxygen atoms in total. The number of phenols is 1. The van der Waals surface area contributed by atoms with Crippen LogP contribution in [-0.2, 0) is 14.3 Å². The van der Waals surface area contributed by atoms with Crippen molar-refractivity contribution < 1.29 is 19.4 Å². The van der Waals surface area contributed by atoms with Crippen molar-refractivity contribution in [3.8, 4) is 5.75 Å². The number of hydrogen-bond donors (Lipinski definition) is 2. The van der Waals surface area contributed by atoms with Crippen LogP contribution < -0.4 is 5.32 Å². The number of esters is 1. The van der Waals surface area contributed by atoms with Gasteiger partial charge in [-0.15, -0.1) is 0 Å². The highest BCUT2D eigenvalue weighted by molar-refractivity contribution is 5.96. The summed E-state index contributed by atoms with van der Waals surface area (Å²) >= 11 is 0. The monoisotopic (exact) mass is 433 g/mol. The van der Waals surface area contributed by atoms with E-state index in [2.05, 4.69) is 12.2 Å². The fraction of sp³-hybridized carbons (Fsp3) is 0.692. The van der Waals surface area contributed by atoms with Gasteiger partial charge in [-0.25, -0.2) is 0 Å². The van der Waals surface area contributed by atoms with Gasteiger partial charge in [-0.1, -0.05) is 84.6 Å². The summed E-state index contributed by atoms with van der Waals surface area (Å²) in [6.45, 7) is 8.18. The minimum Gasteiger partial charge on any atom is -0.506 e. The first-order valence-corrected chi connectivity index (χ1v) is 12.0. The quantitative estimate of drug-likeness (QED) is 0.169. The van der Waals surface area contributed by atoms with Crippen molar-refractivity contribution in [2.45, 2.75) is 105 Å². The topological polar surface area (TPSA) is 75.6 Å². The highest BCUT2D eigenvalue weighted by Crippen LogP contribution is 2.29. The van der Waals surface area contributed by atoms with Crippen LogP contribution in [0.15, 0.2) is 18.2 Å². The molecule has 1 aromatic carbocycles. The van der Waals surface area contributed by atoms with E-state index in [1.54, 1.807) is 32.0 Å². The Hall–Kier alpha value is -2.04. The molecule has 1 aromatic rings. The summed E-state index contributed by atoms with van der Waals surface area (Å²) < 4.78 is 5.33. The molecule has 176 valence electrons. The minimum atomic E-state index is -0.744. The van der Waals surface area contributed by atoms with Crippen LogP contribution in [0.5, 0.6) is 5.75 Å². The molecule has 0 heterocycles. The molecule has 0 saturated carbocycles. The fourth-order valence-corrected chi connectivity index (χ4v) is 3.42. The molecule has 0 unspecified atom stereocenters. The lowest BCUT2D eigenvalue weighted by Crippen LogP contribution is -2.31. The number of carbonyl (C=O) groups excluding carboxylic acids is 2. The van der Waals surface area contributed by atoms with Gasteiger partial charge in [0.05, 0.1) is 12.3 Å². The van der Waals surface area contributed by atoms with Gasteiger partial charge in [0, 0.05) is 11.8 Å². The van der Waals surface area contributed by atoms with E-state index in [1.165, 1.54) is 51.4 Å². The maximum atomic E-state index is 12.6. The number of aryl methyl sites for hydroxylation is 1. The SMILES string of the molecule is CCCCCCCCCCCCOC(=O)CCC(C)(C)C(=O)Nc1cc(C)ccc1O. The third-order valence-corrected chi connectivity index (χ3v) is 5.73. The summed E-state index contributed by atoms with van der Waals surface area (Å²) in [5, 5.41) is 12.7. The van der Waals surface area contributed by atoms with Crippen molar-refractivity contribution >= 4 is 17.6 Å². The molecule has 0 aliphatic carbocycles. The average molecular weight is 434 g/mol. The van der Waals surface area contributed by atoms with Crippen molar-refractivity contribution in [1.82, 2.24) is 0 Å². The maximum Gasteiger partial charge on any atom is 0.305 e. The van der Waals surface area contributed by atoms with E-state index in [0.717, 1.165) is 18.4 Å². The Labute approximate surface area is 189 Å². The summed E-state index contributed by atoms with van der Waals surface area (Å²) in [7, 11) is 0. The average Bonchev–Trinajstić information content (AvgIpc) is 2.73. The molecule has 2 N–H and O–H groups in total. The standard InChI is InChI=1S/C26H43NO4/c1-5-6-7-8-9-10-11-12-13-14-19-31-24(29)17-18-26(3,4)25(30)27-22-20-21(2)15-16-23(22)28/h15-16,20,28H,5-14,17-19H2,1-4H3,(H,27,30). The summed E-state index contributed by atoms with van der Waals surface area (Å²) in [5.41, 5.74) is 0.592. The minimum absolute atomic E-state index is 0.0330. The number of carbonyl (C=O) groups is 2. The molecule has 0 radical (unpaired) electrons. The summed E-state index contributed by atoms with van der Waals surface area (Å²) in [5.74, 6) is -0.447. The van der Waals surface area contributed by atoms with Crippen LogP contribution in [0.25, 0.3) is 0 Å². The number of benzene rings is 1. The largest absolute Gasteiger partial charge is 0.506 e.